The normalized spacial score (nSPS) is 19.4. The molecular formula is C18H18F2N2O4S. The maximum atomic E-state index is 15.6. The number of carbonyl (C=O) groups excluding carboxylic acids is 1. The summed E-state index contributed by atoms with van der Waals surface area (Å²) < 4.78 is 41.7. The second-order valence-corrected chi connectivity index (χ2v) is 7.01. The van der Waals surface area contributed by atoms with Crippen LogP contribution >= 0.6 is 11.8 Å². The van der Waals surface area contributed by atoms with Gasteiger partial charge in [-0.1, -0.05) is 30.3 Å². The number of hydrogen-bond acceptors (Lipinski definition) is 6. The molecule has 0 saturated carbocycles. The maximum Gasteiger partial charge on any atom is 0.399 e. The first-order chi connectivity index (χ1) is 12.9. The zero-order chi connectivity index (χ0) is 19.5. The van der Waals surface area contributed by atoms with E-state index in [0.29, 0.717) is 12.3 Å². The van der Waals surface area contributed by atoms with Crippen LogP contribution in [0, 0.1) is 5.21 Å². The van der Waals surface area contributed by atoms with Gasteiger partial charge in [0.1, 0.15) is 0 Å². The molecular weight excluding hydrogens is 378 g/mol. The van der Waals surface area contributed by atoms with Gasteiger partial charge in [-0.15, -0.1) is 11.8 Å². The Labute approximate surface area is 159 Å². The van der Waals surface area contributed by atoms with Gasteiger partial charge < -0.3 is 14.7 Å². The summed E-state index contributed by atoms with van der Waals surface area (Å²) >= 11 is 1.25. The first kappa shape index (κ1) is 19.5. The van der Waals surface area contributed by atoms with Crippen molar-refractivity contribution in [2.24, 2.45) is 0 Å². The first-order valence-corrected chi connectivity index (χ1v) is 9.22. The SMILES string of the molecule is COC(OC(=O)[C@H]1NCCS1)(c1ccccc1)C(F)(F)c1cccc[n+]1[O-]. The van der Waals surface area contributed by atoms with Gasteiger partial charge in [0.05, 0.1) is 0 Å². The molecule has 2 atom stereocenters. The van der Waals surface area contributed by atoms with E-state index < -0.39 is 28.7 Å². The van der Waals surface area contributed by atoms with Crippen molar-refractivity contribution in [2.75, 3.05) is 19.4 Å². The molecule has 0 radical (unpaired) electrons. The van der Waals surface area contributed by atoms with E-state index >= 15 is 8.78 Å². The van der Waals surface area contributed by atoms with Gasteiger partial charge in [0.25, 0.3) is 5.69 Å². The molecule has 1 aromatic heterocycles. The predicted octanol–water partition coefficient (Wildman–Crippen LogP) is 2.12. The van der Waals surface area contributed by atoms with Crippen molar-refractivity contribution in [2.45, 2.75) is 17.1 Å². The Balaban J connectivity index is 2.11. The van der Waals surface area contributed by atoms with Crippen LogP contribution in [0.3, 0.4) is 0 Å². The summed E-state index contributed by atoms with van der Waals surface area (Å²) in [7, 11) is 1.02. The molecule has 27 heavy (non-hydrogen) atoms. The number of thioether (sulfide) groups is 1. The second kappa shape index (κ2) is 7.79. The van der Waals surface area contributed by atoms with Gasteiger partial charge in [-0.2, -0.15) is 13.5 Å². The molecule has 9 heteroatoms. The molecule has 2 heterocycles. The van der Waals surface area contributed by atoms with E-state index in [1.165, 1.54) is 48.2 Å². The van der Waals surface area contributed by atoms with Crippen molar-refractivity contribution >= 4 is 17.7 Å². The quantitative estimate of drug-likeness (QED) is 0.349. The zero-order valence-electron chi connectivity index (χ0n) is 14.4. The number of rotatable bonds is 6. The maximum absolute atomic E-state index is 15.6. The van der Waals surface area contributed by atoms with Crippen molar-refractivity contribution in [3.8, 4) is 0 Å². The lowest BCUT2D eigenvalue weighted by atomic mass is 9.95. The fourth-order valence-electron chi connectivity index (χ4n) is 2.86. The number of alkyl halides is 2. The number of halogens is 2. The Kier molecular flexibility index (Phi) is 5.64. The monoisotopic (exact) mass is 396 g/mol. The highest BCUT2D eigenvalue weighted by Gasteiger charge is 2.65. The number of nitrogens with zero attached hydrogens (tertiary/aromatic N) is 1. The number of hydrogen-bond donors (Lipinski definition) is 1. The Morgan fingerprint density at radius 3 is 2.56 bits per heavy atom. The fourth-order valence-corrected chi connectivity index (χ4v) is 3.75. The van der Waals surface area contributed by atoms with E-state index in [4.69, 9.17) is 9.47 Å². The van der Waals surface area contributed by atoms with E-state index in [1.54, 1.807) is 6.07 Å². The molecule has 1 fully saturated rings. The second-order valence-electron chi connectivity index (χ2n) is 5.80. The van der Waals surface area contributed by atoms with Gasteiger partial charge in [-0.25, -0.2) is 4.79 Å². The van der Waals surface area contributed by atoms with Gasteiger partial charge in [-0.3, -0.25) is 5.32 Å². The highest BCUT2D eigenvalue weighted by atomic mass is 32.2. The van der Waals surface area contributed by atoms with E-state index in [0.717, 1.165) is 19.4 Å². The molecule has 6 nitrogen and oxygen atoms in total. The summed E-state index contributed by atoms with van der Waals surface area (Å²) in [5.41, 5.74) is -0.978. The topological polar surface area (TPSA) is 74.5 Å². The molecule has 1 aromatic carbocycles. The third kappa shape index (κ3) is 3.50. The Morgan fingerprint density at radius 1 is 1.26 bits per heavy atom. The Morgan fingerprint density at radius 2 is 1.96 bits per heavy atom. The standard InChI is InChI=1S/C18H18F2N2O4S/c1-25-18(13-7-3-2-4-8-13,26-16(23)15-21-10-12-27-15)17(19,20)14-9-5-6-11-22(14)24/h2-9,11,15,21H,10,12H2,1H3/t15-,18?/m0/s1. The first-order valence-electron chi connectivity index (χ1n) is 8.17. The summed E-state index contributed by atoms with van der Waals surface area (Å²) in [5, 5.41) is 14.1. The average molecular weight is 396 g/mol. The summed E-state index contributed by atoms with van der Waals surface area (Å²) in [6, 6.07) is 11.0. The van der Waals surface area contributed by atoms with E-state index in [-0.39, 0.29) is 10.3 Å². The Bertz CT molecular complexity index is 803. The van der Waals surface area contributed by atoms with Crippen LogP contribution in [0.1, 0.15) is 11.3 Å². The number of benzene rings is 1. The highest BCUT2D eigenvalue weighted by Crippen LogP contribution is 2.48. The molecule has 1 unspecified atom stereocenters. The molecule has 144 valence electrons. The van der Waals surface area contributed by atoms with Crippen LogP contribution in [0.2, 0.25) is 0 Å². The number of aromatic nitrogens is 1. The summed E-state index contributed by atoms with van der Waals surface area (Å²) in [6.45, 7) is 0.561. The lowest BCUT2D eigenvalue weighted by Crippen LogP contribution is -2.54. The average Bonchev–Trinajstić information content (AvgIpc) is 3.21. The van der Waals surface area contributed by atoms with Gasteiger partial charge in [0.15, 0.2) is 11.6 Å². The summed E-state index contributed by atoms with van der Waals surface area (Å²) in [4.78, 5) is 12.6. The van der Waals surface area contributed by atoms with Crippen molar-refractivity contribution in [3.63, 3.8) is 0 Å². The number of nitrogens with one attached hydrogen (secondary N) is 1. The van der Waals surface area contributed by atoms with Crippen molar-refractivity contribution < 1.29 is 27.8 Å². The number of ether oxygens (including phenoxy) is 2. The minimum absolute atomic E-state index is 0.0348. The minimum Gasteiger partial charge on any atom is -0.618 e. The van der Waals surface area contributed by atoms with Crippen molar-refractivity contribution in [1.82, 2.24) is 5.32 Å². The molecule has 0 aliphatic carbocycles. The van der Waals surface area contributed by atoms with Crippen LogP contribution in [0.5, 0.6) is 0 Å². The molecule has 3 rings (SSSR count). The number of methoxy groups -OCH3 is 1. The highest BCUT2D eigenvalue weighted by molar-refractivity contribution is 8.00. The van der Waals surface area contributed by atoms with Crippen molar-refractivity contribution in [3.05, 3.63) is 71.2 Å². The molecule has 1 saturated heterocycles. The Hall–Kier alpha value is -2.23. The molecule has 0 amide bonds. The van der Waals surface area contributed by atoms with E-state index in [2.05, 4.69) is 5.32 Å². The van der Waals surface area contributed by atoms with Crippen molar-refractivity contribution in [1.29, 1.82) is 0 Å². The lowest BCUT2D eigenvalue weighted by Gasteiger charge is -2.37. The molecule has 2 aromatic rings. The number of carbonyl (C=O) groups is 1. The fraction of sp³-hybridized carbons (Fsp3) is 0.333. The molecule has 1 aliphatic rings. The van der Waals surface area contributed by atoms with Crippen LogP contribution in [-0.2, 0) is 26.0 Å². The molecule has 1 aliphatic heterocycles. The smallest absolute Gasteiger partial charge is 0.399 e. The van der Waals surface area contributed by atoms with Crippen LogP contribution in [0.4, 0.5) is 8.78 Å². The van der Waals surface area contributed by atoms with Gasteiger partial charge in [-0.05, 0) is 6.07 Å². The predicted molar refractivity (Wildman–Crippen MR) is 94.8 cm³/mol. The lowest BCUT2D eigenvalue weighted by molar-refractivity contribution is -0.630. The molecule has 0 spiro atoms. The zero-order valence-corrected chi connectivity index (χ0v) is 15.2. The van der Waals surface area contributed by atoms with Gasteiger partial charge in [0.2, 0.25) is 0 Å². The van der Waals surface area contributed by atoms with E-state index in [9.17, 15) is 10.0 Å². The third-order valence-corrected chi connectivity index (χ3v) is 5.31. The van der Waals surface area contributed by atoms with Crippen LogP contribution in [0.25, 0.3) is 0 Å². The van der Waals surface area contributed by atoms with Crippen LogP contribution in [-0.4, -0.2) is 30.8 Å². The number of pyridine rings is 1. The third-order valence-electron chi connectivity index (χ3n) is 4.18. The van der Waals surface area contributed by atoms with Gasteiger partial charge in [0, 0.05) is 37.1 Å². The largest absolute Gasteiger partial charge is 0.618 e. The van der Waals surface area contributed by atoms with E-state index in [1.807, 2.05) is 0 Å². The molecule has 0 bridgehead atoms. The molecule has 1 N–H and O–H groups in total. The van der Waals surface area contributed by atoms with Crippen LogP contribution < -0.4 is 10.0 Å². The van der Waals surface area contributed by atoms with Gasteiger partial charge >= 0.3 is 17.7 Å². The minimum atomic E-state index is -3.97. The van der Waals surface area contributed by atoms with Crippen LogP contribution in [0.15, 0.2) is 54.7 Å². The summed E-state index contributed by atoms with van der Waals surface area (Å²) in [5.74, 6) is -7.01. The summed E-state index contributed by atoms with van der Waals surface area (Å²) in [6.07, 6.45) is 0.949. The number of esters is 1.